The van der Waals surface area contributed by atoms with Crippen molar-refractivity contribution < 1.29 is 9.53 Å². The van der Waals surface area contributed by atoms with E-state index in [2.05, 4.69) is 27.1 Å². The van der Waals surface area contributed by atoms with Gasteiger partial charge >= 0.3 is 0 Å². The molecule has 1 aliphatic rings. The lowest BCUT2D eigenvalue weighted by molar-refractivity contribution is 0.102. The zero-order valence-corrected chi connectivity index (χ0v) is 15.1. The van der Waals surface area contributed by atoms with E-state index >= 15 is 0 Å². The molecule has 0 saturated carbocycles. The Morgan fingerprint density at radius 2 is 1.96 bits per heavy atom. The van der Waals surface area contributed by atoms with Gasteiger partial charge in [0.1, 0.15) is 11.4 Å². The summed E-state index contributed by atoms with van der Waals surface area (Å²) < 4.78 is 5.24. The van der Waals surface area contributed by atoms with Crippen LogP contribution in [0, 0.1) is 0 Å². The molecule has 2 heterocycles. The lowest BCUT2D eigenvalue weighted by atomic mass is 10.2. The number of amides is 1. The van der Waals surface area contributed by atoms with Crippen molar-refractivity contribution in [2.75, 3.05) is 50.6 Å². The molecule has 1 amide bonds. The number of methoxy groups -OCH3 is 1. The van der Waals surface area contributed by atoms with Crippen LogP contribution < -0.4 is 15.0 Å². The van der Waals surface area contributed by atoms with E-state index < -0.39 is 0 Å². The van der Waals surface area contributed by atoms with Crippen LogP contribution in [0.4, 0.5) is 11.4 Å². The van der Waals surface area contributed by atoms with Crippen LogP contribution in [0.25, 0.3) is 0 Å². The Bertz CT molecular complexity index is 743. The number of likely N-dealkylation sites (N-methyl/N-ethyl adjacent to an activating group) is 1. The molecule has 1 saturated heterocycles. The minimum absolute atomic E-state index is 0.300. The number of nitrogens with zero attached hydrogens (tertiary/aromatic N) is 3. The van der Waals surface area contributed by atoms with E-state index in [0.29, 0.717) is 22.2 Å². The van der Waals surface area contributed by atoms with Gasteiger partial charge in [0.15, 0.2) is 0 Å². The van der Waals surface area contributed by atoms with Gasteiger partial charge in [-0.25, -0.2) is 4.98 Å². The van der Waals surface area contributed by atoms with Gasteiger partial charge in [-0.05, 0) is 37.4 Å². The summed E-state index contributed by atoms with van der Waals surface area (Å²) in [6.45, 7) is 3.97. The molecule has 132 valence electrons. The fraction of sp³-hybridized carbons (Fsp3) is 0.333. The Labute approximate surface area is 152 Å². The van der Waals surface area contributed by atoms with Gasteiger partial charge in [0, 0.05) is 31.2 Å². The number of rotatable bonds is 4. The van der Waals surface area contributed by atoms with Gasteiger partial charge < -0.3 is 19.9 Å². The zero-order chi connectivity index (χ0) is 17.8. The number of hydrogen-bond donors (Lipinski definition) is 1. The van der Waals surface area contributed by atoms with Gasteiger partial charge in [-0.15, -0.1) is 0 Å². The van der Waals surface area contributed by atoms with Crippen LogP contribution in [-0.2, 0) is 0 Å². The van der Waals surface area contributed by atoms with Crippen LogP contribution in [0.2, 0.25) is 5.02 Å². The van der Waals surface area contributed by atoms with Crippen LogP contribution >= 0.6 is 11.6 Å². The number of halogens is 1. The summed E-state index contributed by atoms with van der Waals surface area (Å²) in [5.74, 6) is 0.248. The average Bonchev–Trinajstić information content (AvgIpc) is 2.63. The first-order valence-corrected chi connectivity index (χ1v) is 8.49. The molecule has 1 N–H and O–H groups in total. The van der Waals surface area contributed by atoms with Crippen molar-refractivity contribution in [1.82, 2.24) is 9.88 Å². The normalized spacial score (nSPS) is 15.1. The number of ether oxygens (including phenoxy) is 1. The SMILES string of the molecule is COc1ccc(Cl)cc1NC(=O)c1ccc(N2CCN(C)CC2)cn1. The lowest BCUT2D eigenvalue weighted by Gasteiger charge is -2.33. The highest BCUT2D eigenvalue weighted by Crippen LogP contribution is 2.28. The maximum atomic E-state index is 12.4. The molecule has 1 aromatic carbocycles. The Kier molecular flexibility index (Phi) is 5.40. The predicted molar refractivity (Wildman–Crippen MR) is 99.9 cm³/mol. The van der Waals surface area contributed by atoms with Gasteiger partial charge in [-0.2, -0.15) is 0 Å². The molecule has 3 rings (SSSR count). The van der Waals surface area contributed by atoms with E-state index in [0.717, 1.165) is 31.9 Å². The average molecular weight is 361 g/mol. The molecule has 0 atom stereocenters. The summed E-state index contributed by atoms with van der Waals surface area (Å²) in [6, 6.07) is 8.74. The molecule has 0 bridgehead atoms. The van der Waals surface area contributed by atoms with Gasteiger partial charge in [0.25, 0.3) is 5.91 Å². The van der Waals surface area contributed by atoms with E-state index in [1.165, 1.54) is 0 Å². The Morgan fingerprint density at radius 3 is 2.60 bits per heavy atom. The minimum atomic E-state index is -0.300. The summed E-state index contributed by atoms with van der Waals surface area (Å²) in [5.41, 5.74) is 1.90. The maximum absolute atomic E-state index is 12.4. The first-order valence-electron chi connectivity index (χ1n) is 8.11. The topological polar surface area (TPSA) is 57.7 Å². The zero-order valence-electron chi connectivity index (χ0n) is 14.3. The molecule has 25 heavy (non-hydrogen) atoms. The van der Waals surface area contributed by atoms with Crippen LogP contribution in [0.5, 0.6) is 5.75 Å². The number of aromatic nitrogens is 1. The molecule has 0 aliphatic carbocycles. The molecular weight excluding hydrogens is 340 g/mol. The third-order valence-electron chi connectivity index (χ3n) is 4.26. The van der Waals surface area contributed by atoms with Crippen molar-refractivity contribution in [3.05, 3.63) is 47.2 Å². The highest BCUT2D eigenvalue weighted by Gasteiger charge is 2.16. The number of pyridine rings is 1. The fourth-order valence-electron chi connectivity index (χ4n) is 2.74. The van der Waals surface area contributed by atoms with E-state index in [-0.39, 0.29) is 5.91 Å². The Morgan fingerprint density at radius 1 is 1.20 bits per heavy atom. The number of nitrogens with one attached hydrogen (secondary N) is 1. The maximum Gasteiger partial charge on any atom is 0.274 e. The molecule has 1 fully saturated rings. The van der Waals surface area contributed by atoms with Gasteiger partial charge in [0.2, 0.25) is 0 Å². The summed E-state index contributed by atoms with van der Waals surface area (Å²) in [6.07, 6.45) is 1.75. The second-order valence-corrected chi connectivity index (χ2v) is 6.43. The van der Waals surface area contributed by atoms with Crippen molar-refractivity contribution in [2.24, 2.45) is 0 Å². The lowest BCUT2D eigenvalue weighted by Crippen LogP contribution is -2.44. The first kappa shape index (κ1) is 17.5. The molecule has 2 aromatic rings. The summed E-state index contributed by atoms with van der Waals surface area (Å²) >= 11 is 5.99. The Hall–Kier alpha value is -2.31. The molecule has 1 aromatic heterocycles. The largest absolute Gasteiger partial charge is 0.495 e. The van der Waals surface area contributed by atoms with E-state index in [9.17, 15) is 4.79 Å². The fourth-order valence-corrected chi connectivity index (χ4v) is 2.91. The van der Waals surface area contributed by atoms with Crippen molar-refractivity contribution in [3.63, 3.8) is 0 Å². The first-order chi connectivity index (χ1) is 12.1. The van der Waals surface area contributed by atoms with E-state index in [4.69, 9.17) is 16.3 Å². The number of carbonyl (C=O) groups is 1. The monoisotopic (exact) mass is 360 g/mol. The highest BCUT2D eigenvalue weighted by molar-refractivity contribution is 6.31. The summed E-state index contributed by atoms with van der Waals surface area (Å²) in [7, 11) is 3.66. The highest BCUT2D eigenvalue weighted by atomic mass is 35.5. The quantitative estimate of drug-likeness (QED) is 0.908. The minimum Gasteiger partial charge on any atom is -0.495 e. The molecule has 0 unspecified atom stereocenters. The van der Waals surface area contributed by atoms with Crippen LogP contribution in [0.3, 0.4) is 0 Å². The molecule has 0 radical (unpaired) electrons. The molecule has 7 heteroatoms. The predicted octanol–water partition coefficient (Wildman–Crippen LogP) is 2.75. The van der Waals surface area contributed by atoms with Gasteiger partial charge in [-0.1, -0.05) is 11.6 Å². The second-order valence-electron chi connectivity index (χ2n) is 5.99. The molecule has 0 spiro atoms. The Balaban J connectivity index is 1.70. The van der Waals surface area contributed by atoms with Gasteiger partial charge in [0.05, 0.1) is 24.7 Å². The molecule has 1 aliphatic heterocycles. The van der Waals surface area contributed by atoms with Gasteiger partial charge in [-0.3, -0.25) is 4.79 Å². The number of hydrogen-bond acceptors (Lipinski definition) is 5. The molecule has 6 nitrogen and oxygen atoms in total. The number of carbonyl (C=O) groups excluding carboxylic acids is 1. The second kappa shape index (κ2) is 7.72. The number of anilines is 2. The van der Waals surface area contributed by atoms with Crippen molar-refractivity contribution in [3.8, 4) is 5.75 Å². The smallest absolute Gasteiger partial charge is 0.274 e. The van der Waals surface area contributed by atoms with Crippen LogP contribution in [0.15, 0.2) is 36.5 Å². The van der Waals surface area contributed by atoms with Crippen molar-refractivity contribution >= 4 is 28.9 Å². The molecular formula is C18H21ClN4O2. The third-order valence-corrected chi connectivity index (χ3v) is 4.49. The third kappa shape index (κ3) is 4.21. The van der Waals surface area contributed by atoms with E-state index in [1.54, 1.807) is 37.6 Å². The summed E-state index contributed by atoms with van der Waals surface area (Å²) in [4.78, 5) is 21.3. The number of benzene rings is 1. The number of piperazine rings is 1. The summed E-state index contributed by atoms with van der Waals surface area (Å²) in [5, 5.41) is 3.31. The van der Waals surface area contributed by atoms with Crippen molar-refractivity contribution in [1.29, 1.82) is 0 Å². The van der Waals surface area contributed by atoms with E-state index in [1.807, 2.05) is 6.07 Å². The van der Waals surface area contributed by atoms with Crippen molar-refractivity contribution in [2.45, 2.75) is 0 Å². The van der Waals surface area contributed by atoms with Crippen LogP contribution in [0.1, 0.15) is 10.5 Å². The van der Waals surface area contributed by atoms with Crippen LogP contribution in [-0.4, -0.2) is 56.1 Å². The standard InChI is InChI=1S/C18H21ClN4O2/c1-22-7-9-23(10-8-22)14-4-5-15(20-12-14)18(24)21-16-11-13(19)3-6-17(16)25-2/h3-6,11-12H,7-10H2,1-2H3,(H,21,24).